The molecule has 0 aliphatic carbocycles. The van der Waals surface area contributed by atoms with Crippen molar-refractivity contribution in [3.05, 3.63) is 64.7 Å². The minimum absolute atomic E-state index is 0.0414. The van der Waals surface area contributed by atoms with Gasteiger partial charge in [-0.05, 0) is 41.7 Å². The van der Waals surface area contributed by atoms with Gasteiger partial charge in [-0.15, -0.1) is 11.8 Å². The molecule has 4 heteroatoms. The van der Waals surface area contributed by atoms with Gasteiger partial charge in [-0.2, -0.15) is 0 Å². The summed E-state index contributed by atoms with van der Waals surface area (Å²) in [5.74, 6) is 1.72. The zero-order valence-electron chi connectivity index (χ0n) is 13.5. The van der Waals surface area contributed by atoms with Crippen LogP contribution in [0.4, 0.5) is 5.69 Å². The van der Waals surface area contributed by atoms with E-state index in [9.17, 15) is 4.79 Å². The number of hydrogen-bond acceptors (Lipinski definition) is 2. The molecule has 0 saturated heterocycles. The zero-order valence-corrected chi connectivity index (χ0v) is 15.1. The summed E-state index contributed by atoms with van der Waals surface area (Å²) in [6.45, 7) is 4.34. The van der Waals surface area contributed by atoms with Gasteiger partial charge in [0.05, 0.1) is 5.75 Å². The van der Waals surface area contributed by atoms with Gasteiger partial charge in [0.25, 0.3) is 0 Å². The smallest absolute Gasteiger partial charge is 0.234 e. The molecule has 0 aliphatic rings. The highest BCUT2D eigenvalue weighted by molar-refractivity contribution is 7.99. The fraction of sp³-hybridized carbons (Fsp3) is 0.316. The first-order valence-electron chi connectivity index (χ1n) is 7.81. The third-order valence-electron chi connectivity index (χ3n) is 3.79. The van der Waals surface area contributed by atoms with Gasteiger partial charge in [-0.25, -0.2) is 0 Å². The monoisotopic (exact) mass is 347 g/mol. The van der Waals surface area contributed by atoms with Crippen molar-refractivity contribution in [2.24, 2.45) is 0 Å². The number of anilines is 1. The number of carbonyl (C=O) groups is 1. The Labute approximate surface area is 147 Å². The van der Waals surface area contributed by atoms with Crippen LogP contribution in [0.2, 0.25) is 5.02 Å². The highest BCUT2D eigenvalue weighted by Gasteiger charge is 2.11. The number of nitrogens with one attached hydrogen (secondary N) is 1. The molecule has 0 heterocycles. The van der Waals surface area contributed by atoms with E-state index in [-0.39, 0.29) is 5.91 Å². The molecular formula is C19H22ClNOS. The van der Waals surface area contributed by atoms with Crippen LogP contribution in [0, 0.1) is 0 Å². The second-order valence-corrected chi connectivity index (χ2v) is 6.99. The Hall–Kier alpha value is -1.45. The van der Waals surface area contributed by atoms with E-state index in [1.165, 1.54) is 11.1 Å². The van der Waals surface area contributed by atoms with E-state index in [0.29, 0.717) is 11.7 Å². The molecule has 0 aromatic heterocycles. The van der Waals surface area contributed by atoms with Crippen LogP contribution >= 0.6 is 23.4 Å². The number of amides is 1. The van der Waals surface area contributed by atoms with Crippen LogP contribution in [-0.4, -0.2) is 11.7 Å². The van der Waals surface area contributed by atoms with Gasteiger partial charge in [-0.1, -0.05) is 55.8 Å². The Bertz CT molecular complexity index is 642. The summed E-state index contributed by atoms with van der Waals surface area (Å²) in [4.78, 5) is 12.2. The van der Waals surface area contributed by atoms with Gasteiger partial charge in [0, 0.05) is 16.5 Å². The van der Waals surface area contributed by atoms with Gasteiger partial charge < -0.3 is 5.32 Å². The second kappa shape index (κ2) is 8.99. The van der Waals surface area contributed by atoms with Gasteiger partial charge in [0.2, 0.25) is 5.91 Å². The Morgan fingerprint density at radius 3 is 2.57 bits per heavy atom. The number of halogens is 1. The van der Waals surface area contributed by atoms with Crippen LogP contribution in [0.15, 0.2) is 48.5 Å². The molecule has 122 valence electrons. The van der Waals surface area contributed by atoms with Gasteiger partial charge in [-0.3, -0.25) is 4.79 Å². The van der Waals surface area contributed by atoms with Crippen LogP contribution in [0.5, 0.6) is 0 Å². The van der Waals surface area contributed by atoms with Crippen LogP contribution < -0.4 is 5.32 Å². The summed E-state index contributed by atoms with van der Waals surface area (Å²) >= 11 is 7.47. The number of para-hydroxylation sites is 1. The fourth-order valence-electron chi connectivity index (χ4n) is 2.29. The topological polar surface area (TPSA) is 29.1 Å². The first-order valence-corrected chi connectivity index (χ1v) is 9.34. The van der Waals surface area contributed by atoms with Crippen LogP contribution in [0.1, 0.15) is 37.3 Å². The largest absolute Gasteiger partial charge is 0.325 e. The summed E-state index contributed by atoms with van der Waals surface area (Å²) in [5, 5.41) is 3.77. The predicted molar refractivity (Wildman–Crippen MR) is 101 cm³/mol. The third-order valence-corrected chi connectivity index (χ3v) is 5.05. The molecule has 0 saturated carbocycles. The van der Waals surface area contributed by atoms with E-state index in [1.807, 2.05) is 42.5 Å². The Kier molecular flexibility index (Phi) is 7.00. The second-order valence-electron chi connectivity index (χ2n) is 5.56. The molecule has 0 unspecified atom stereocenters. The van der Waals surface area contributed by atoms with Crippen LogP contribution in [0.3, 0.4) is 0 Å². The maximum Gasteiger partial charge on any atom is 0.234 e. The predicted octanol–water partition coefficient (Wildman–Crippen LogP) is 5.73. The highest BCUT2D eigenvalue weighted by atomic mass is 35.5. The molecule has 23 heavy (non-hydrogen) atoms. The lowest BCUT2D eigenvalue weighted by atomic mass is 9.97. The summed E-state index contributed by atoms with van der Waals surface area (Å²) in [5.41, 5.74) is 3.30. The SMILES string of the molecule is CC[C@H](C)c1ccccc1NC(=O)CSCc1ccc(Cl)cc1. The van der Waals surface area contributed by atoms with Gasteiger partial charge >= 0.3 is 0 Å². The average Bonchev–Trinajstić information content (AvgIpc) is 2.56. The molecular weight excluding hydrogens is 326 g/mol. The molecule has 2 nitrogen and oxygen atoms in total. The van der Waals surface area contributed by atoms with Crippen LogP contribution in [0.25, 0.3) is 0 Å². The van der Waals surface area contributed by atoms with E-state index in [2.05, 4.69) is 25.2 Å². The summed E-state index contributed by atoms with van der Waals surface area (Å²) in [7, 11) is 0. The van der Waals surface area contributed by atoms with E-state index in [4.69, 9.17) is 11.6 Å². The quantitative estimate of drug-likeness (QED) is 0.693. The highest BCUT2D eigenvalue weighted by Crippen LogP contribution is 2.26. The number of thioether (sulfide) groups is 1. The summed E-state index contributed by atoms with van der Waals surface area (Å²) in [6.07, 6.45) is 1.05. The van der Waals surface area contributed by atoms with Crippen molar-refractivity contribution in [1.82, 2.24) is 0 Å². The molecule has 0 fully saturated rings. The maximum atomic E-state index is 12.2. The van der Waals surface area contributed by atoms with E-state index >= 15 is 0 Å². The lowest BCUT2D eigenvalue weighted by Gasteiger charge is -2.15. The molecule has 1 amide bonds. The number of rotatable bonds is 7. The van der Waals surface area contributed by atoms with E-state index in [0.717, 1.165) is 22.9 Å². The fourth-order valence-corrected chi connectivity index (χ4v) is 3.20. The normalized spacial score (nSPS) is 12.0. The first kappa shape index (κ1) is 17.9. The molecule has 0 aliphatic heterocycles. The van der Waals surface area contributed by atoms with Crippen molar-refractivity contribution in [2.75, 3.05) is 11.1 Å². The lowest BCUT2D eigenvalue weighted by molar-refractivity contribution is -0.113. The van der Waals surface area contributed by atoms with Gasteiger partial charge in [0.15, 0.2) is 0 Å². The lowest BCUT2D eigenvalue weighted by Crippen LogP contribution is -2.16. The van der Waals surface area contributed by atoms with Crippen molar-refractivity contribution in [3.63, 3.8) is 0 Å². The van der Waals surface area contributed by atoms with E-state index in [1.54, 1.807) is 11.8 Å². The van der Waals surface area contributed by atoms with Crippen LogP contribution in [-0.2, 0) is 10.5 Å². The van der Waals surface area contributed by atoms with Crippen molar-refractivity contribution >= 4 is 35.0 Å². The number of carbonyl (C=O) groups excluding carboxylic acids is 1. The molecule has 0 radical (unpaired) electrons. The Morgan fingerprint density at radius 2 is 1.87 bits per heavy atom. The maximum absolute atomic E-state index is 12.2. The van der Waals surface area contributed by atoms with Crippen molar-refractivity contribution in [1.29, 1.82) is 0 Å². The summed E-state index contributed by atoms with van der Waals surface area (Å²) in [6, 6.07) is 15.8. The third kappa shape index (κ3) is 5.60. The standard InChI is InChI=1S/C19H22ClNOS/c1-3-14(2)17-6-4-5-7-18(17)21-19(22)13-23-12-15-8-10-16(20)11-9-15/h4-11,14H,3,12-13H2,1-2H3,(H,21,22)/t14-/m0/s1. The molecule has 2 aromatic carbocycles. The van der Waals surface area contributed by atoms with Gasteiger partial charge in [0.1, 0.15) is 0 Å². The molecule has 0 bridgehead atoms. The Balaban J connectivity index is 1.86. The van der Waals surface area contributed by atoms with Crippen molar-refractivity contribution in [3.8, 4) is 0 Å². The average molecular weight is 348 g/mol. The zero-order chi connectivity index (χ0) is 16.7. The molecule has 1 atom stereocenters. The molecule has 0 spiro atoms. The Morgan fingerprint density at radius 1 is 1.17 bits per heavy atom. The number of hydrogen-bond donors (Lipinski definition) is 1. The van der Waals surface area contributed by atoms with Crippen molar-refractivity contribution < 1.29 is 4.79 Å². The number of benzene rings is 2. The molecule has 1 N–H and O–H groups in total. The van der Waals surface area contributed by atoms with Crippen molar-refractivity contribution in [2.45, 2.75) is 31.9 Å². The first-order chi connectivity index (χ1) is 11.1. The molecule has 2 aromatic rings. The minimum atomic E-state index is 0.0414. The summed E-state index contributed by atoms with van der Waals surface area (Å²) < 4.78 is 0. The molecule has 2 rings (SSSR count). The minimum Gasteiger partial charge on any atom is -0.325 e. The van der Waals surface area contributed by atoms with E-state index < -0.39 is 0 Å².